The Bertz CT molecular complexity index is 347. The largest absolute Gasteiger partial charge is 0.675 e. The van der Waals surface area contributed by atoms with Crippen molar-refractivity contribution in [1.82, 2.24) is 0 Å². The molecule has 0 aromatic heterocycles. The van der Waals surface area contributed by atoms with E-state index in [1.165, 1.54) is 0 Å². The standard InChI is InChI=1S/C6H7O7.C4H8O.Al/c7-3(8)1-6(13,5(11)12)2-4(9)10;1-2-3-4-5;/h1-2H2,(H,7,8)(H,9,10)(H,11,12);1-4H2;/q2*-1;+2. The highest BCUT2D eigenvalue weighted by molar-refractivity contribution is 6.45. The molecule has 1 aliphatic heterocycles. The van der Waals surface area contributed by atoms with Crippen molar-refractivity contribution in [1.29, 1.82) is 0 Å². The maximum absolute atomic E-state index is 11.3. The monoisotopic (exact) mass is 290 g/mol. The van der Waals surface area contributed by atoms with Crippen LogP contribution in [0.25, 0.3) is 0 Å². The lowest BCUT2D eigenvalue weighted by Gasteiger charge is -2.31. The quantitative estimate of drug-likeness (QED) is 0.562. The minimum Gasteiger partial charge on any atom is -0.481 e. The van der Waals surface area contributed by atoms with Gasteiger partial charge in [-0.05, 0) is 11.7 Å². The molecule has 0 bridgehead atoms. The second-order valence-corrected chi connectivity index (χ2v) is 6.36. The molecule has 106 valence electrons. The molecule has 0 spiro atoms. The molecule has 19 heavy (non-hydrogen) atoms. The first-order chi connectivity index (χ1) is 8.85. The van der Waals surface area contributed by atoms with Gasteiger partial charge < -0.3 is 22.9 Å². The molecule has 1 rings (SSSR count). The number of carboxylic acids is 3. The Morgan fingerprint density at radius 3 is 2.05 bits per heavy atom. The summed E-state index contributed by atoms with van der Waals surface area (Å²) in [4.78, 5) is 32.8. The summed E-state index contributed by atoms with van der Waals surface area (Å²) in [6, 6.07) is 0. The fraction of sp³-hybridized carbons (Fsp3) is 0.700. The topological polar surface area (TPSA) is 130 Å². The van der Waals surface area contributed by atoms with Crippen LogP contribution < -0.4 is 0 Å². The van der Waals surface area contributed by atoms with E-state index >= 15 is 0 Å². The summed E-state index contributed by atoms with van der Waals surface area (Å²) in [7, 11) is 0. The Morgan fingerprint density at radius 1 is 1.11 bits per heavy atom. The SMILES string of the molecule is O=C(O)CC(CC(=O)O)([O][Al]1[CH2]CCC[O]1)C(=O)O. The Labute approximate surface area is 114 Å². The molecule has 3 N–H and O–H groups in total. The van der Waals surface area contributed by atoms with Crippen LogP contribution in [-0.4, -0.2) is 60.3 Å². The summed E-state index contributed by atoms with van der Waals surface area (Å²) in [6.07, 6.45) is -0.152. The Balaban J connectivity index is 2.89. The van der Waals surface area contributed by atoms with E-state index < -0.39 is 51.2 Å². The van der Waals surface area contributed by atoms with E-state index in [0.29, 0.717) is 11.9 Å². The van der Waals surface area contributed by atoms with Crippen molar-refractivity contribution in [3.63, 3.8) is 0 Å². The van der Waals surface area contributed by atoms with Crippen LogP contribution in [0.3, 0.4) is 0 Å². The maximum atomic E-state index is 11.3. The summed E-state index contributed by atoms with van der Waals surface area (Å²) in [6.45, 7) is 0.437. The zero-order valence-corrected chi connectivity index (χ0v) is 11.4. The highest BCUT2D eigenvalue weighted by atomic mass is 27.2. The molecule has 0 unspecified atom stereocenters. The van der Waals surface area contributed by atoms with Crippen LogP contribution in [0, 0.1) is 0 Å². The first-order valence-electron chi connectivity index (χ1n) is 5.82. The van der Waals surface area contributed by atoms with Crippen LogP contribution in [0.1, 0.15) is 25.7 Å². The first-order valence-corrected chi connectivity index (χ1v) is 7.58. The van der Waals surface area contributed by atoms with Crippen molar-refractivity contribution < 1.29 is 37.3 Å². The molecule has 1 fully saturated rings. The summed E-state index contributed by atoms with van der Waals surface area (Å²) in [5.74, 6) is -4.43. The lowest BCUT2D eigenvalue weighted by Crippen LogP contribution is -2.50. The average Bonchev–Trinajstić information content (AvgIpc) is 2.27. The van der Waals surface area contributed by atoms with Crippen molar-refractivity contribution in [3.05, 3.63) is 0 Å². The van der Waals surface area contributed by atoms with Crippen LogP contribution in [0.4, 0.5) is 0 Å². The second kappa shape index (κ2) is 6.86. The number of rotatable bonds is 7. The van der Waals surface area contributed by atoms with Gasteiger partial charge in [-0.15, -0.1) is 0 Å². The highest BCUT2D eigenvalue weighted by Gasteiger charge is 2.48. The van der Waals surface area contributed by atoms with E-state index in [9.17, 15) is 14.4 Å². The highest BCUT2D eigenvalue weighted by Crippen LogP contribution is 2.26. The predicted octanol–water partition coefficient (Wildman–Crippen LogP) is 0.0744. The van der Waals surface area contributed by atoms with Gasteiger partial charge in [-0.25, -0.2) is 4.79 Å². The molecule has 0 amide bonds. The van der Waals surface area contributed by atoms with Gasteiger partial charge in [0.05, 0.1) is 12.8 Å². The molecule has 0 aromatic rings. The zero-order valence-electron chi connectivity index (χ0n) is 10.2. The molecule has 1 saturated heterocycles. The minimum atomic E-state index is -2.33. The van der Waals surface area contributed by atoms with E-state index in [0.717, 1.165) is 12.8 Å². The molecule has 1 heterocycles. The third-order valence-electron chi connectivity index (χ3n) is 2.76. The van der Waals surface area contributed by atoms with Gasteiger partial charge in [0, 0.05) is 6.61 Å². The van der Waals surface area contributed by atoms with Gasteiger partial charge in [-0.3, -0.25) is 9.59 Å². The van der Waals surface area contributed by atoms with Crippen molar-refractivity contribution >= 4 is 32.7 Å². The molecule has 0 atom stereocenters. The van der Waals surface area contributed by atoms with E-state index in [4.69, 9.17) is 22.9 Å². The van der Waals surface area contributed by atoms with Crippen molar-refractivity contribution in [2.24, 2.45) is 0 Å². The van der Waals surface area contributed by atoms with Gasteiger partial charge in [0.2, 0.25) is 0 Å². The van der Waals surface area contributed by atoms with Gasteiger partial charge >= 0.3 is 32.7 Å². The molecule has 0 radical (unpaired) electrons. The van der Waals surface area contributed by atoms with Crippen LogP contribution >= 0.6 is 0 Å². The van der Waals surface area contributed by atoms with Gasteiger partial charge in [-0.1, -0.05) is 6.42 Å². The third kappa shape index (κ3) is 4.80. The van der Waals surface area contributed by atoms with Crippen molar-refractivity contribution in [3.8, 4) is 0 Å². The Kier molecular flexibility index (Phi) is 5.75. The number of hydrogen-bond acceptors (Lipinski definition) is 5. The molecule has 0 aromatic carbocycles. The zero-order chi connectivity index (χ0) is 14.5. The fourth-order valence-electron chi connectivity index (χ4n) is 1.89. The maximum Gasteiger partial charge on any atom is 0.675 e. The predicted molar refractivity (Wildman–Crippen MR) is 61.7 cm³/mol. The van der Waals surface area contributed by atoms with Gasteiger partial charge in [-0.2, -0.15) is 0 Å². The minimum absolute atomic E-state index is 0.437. The number of aliphatic carboxylic acids is 3. The van der Waals surface area contributed by atoms with E-state index in [2.05, 4.69) is 0 Å². The van der Waals surface area contributed by atoms with E-state index in [1.807, 2.05) is 0 Å². The third-order valence-corrected chi connectivity index (χ3v) is 4.96. The molecule has 0 aliphatic carbocycles. The normalized spacial score (nSPS) is 16.1. The van der Waals surface area contributed by atoms with Crippen LogP contribution in [-0.2, 0) is 22.0 Å². The molecule has 0 saturated carbocycles. The van der Waals surface area contributed by atoms with Crippen molar-refractivity contribution in [2.75, 3.05) is 6.61 Å². The van der Waals surface area contributed by atoms with Crippen LogP contribution in [0.15, 0.2) is 0 Å². The van der Waals surface area contributed by atoms with E-state index in [-0.39, 0.29) is 0 Å². The number of carboxylic acid groups (broad SMARTS) is 3. The molecular weight excluding hydrogens is 275 g/mol. The summed E-state index contributed by atoms with van der Waals surface area (Å²) < 4.78 is 10.6. The molecule has 8 nitrogen and oxygen atoms in total. The molecule has 9 heteroatoms. The van der Waals surface area contributed by atoms with Gasteiger partial charge in [0.15, 0.2) is 5.60 Å². The van der Waals surface area contributed by atoms with Gasteiger partial charge in [0.25, 0.3) is 0 Å². The Hall–Kier alpha value is -1.14. The first kappa shape index (κ1) is 15.9. The fourth-order valence-corrected chi connectivity index (χ4v) is 4.07. The smallest absolute Gasteiger partial charge is 0.481 e. The summed E-state index contributed by atoms with van der Waals surface area (Å²) >= 11 is -2.33. The molecule has 1 aliphatic rings. The summed E-state index contributed by atoms with van der Waals surface area (Å²) in [5, 5.41) is 27.3. The average molecular weight is 290 g/mol. The van der Waals surface area contributed by atoms with Gasteiger partial charge in [0.1, 0.15) is 0 Å². The lowest BCUT2D eigenvalue weighted by atomic mass is 9.96. The van der Waals surface area contributed by atoms with Crippen LogP contribution in [0.5, 0.6) is 0 Å². The molecular formula is C10H15AlO8. The lowest BCUT2D eigenvalue weighted by molar-refractivity contribution is -0.169. The second-order valence-electron chi connectivity index (χ2n) is 4.35. The number of carbonyl (C=O) groups is 3. The van der Waals surface area contributed by atoms with Crippen molar-refractivity contribution in [2.45, 2.75) is 36.6 Å². The Morgan fingerprint density at radius 2 is 1.68 bits per heavy atom. The van der Waals surface area contributed by atoms with Crippen LogP contribution in [0.2, 0.25) is 5.28 Å². The summed E-state index contributed by atoms with van der Waals surface area (Å²) in [5.41, 5.74) is -2.24. The number of hydrogen-bond donors (Lipinski definition) is 3. The van der Waals surface area contributed by atoms with E-state index in [1.54, 1.807) is 0 Å².